The lowest BCUT2D eigenvalue weighted by atomic mass is 10.1. The first-order chi connectivity index (χ1) is 8.11. The molecule has 3 N–H and O–H groups in total. The third kappa shape index (κ3) is 3.30. The zero-order valence-electron chi connectivity index (χ0n) is 10.1. The van der Waals surface area contributed by atoms with Crippen LogP contribution < -0.4 is 5.73 Å². The highest BCUT2D eigenvalue weighted by molar-refractivity contribution is 7.10. The molecule has 0 spiro atoms. The molecule has 4 heteroatoms. The van der Waals surface area contributed by atoms with Gasteiger partial charge in [-0.3, -0.25) is 4.90 Å². The highest BCUT2D eigenvalue weighted by atomic mass is 32.1. The monoisotopic (exact) mass is 250 g/mol. The molecule has 1 fully saturated rings. The molecule has 1 saturated heterocycles. The van der Waals surface area contributed by atoms with E-state index in [9.17, 15) is 5.11 Å². The van der Waals surface area contributed by atoms with Crippen molar-refractivity contribution in [1.29, 1.82) is 0 Å². The van der Waals surface area contributed by atoms with Crippen molar-refractivity contribution < 1.29 is 5.11 Å². The van der Waals surface area contributed by atoms with E-state index in [1.165, 1.54) is 4.88 Å². The van der Waals surface area contributed by atoms with E-state index in [-0.39, 0.29) is 0 Å². The topological polar surface area (TPSA) is 49.5 Å². The second-order valence-corrected chi connectivity index (χ2v) is 5.72. The van der Waals surface area contributed by atoms with E-state index in [4.69, 9.17) is 5.73 Å². The minimum atomic E-state index is -0.527. The van der Waals surface area contributed by atoms with E-state index >= 15 is 0 Å². The maximum absolute atomic E-state index is 9.92. The Kier molecular flexibility index (Phi) is 3.85. The smallest absolute Gasteiger partial charge is 0.0758 e. The van der Waals surface area contributed by atoms with Crippen molar-refractivity contribution in [3.05, 3.63) is 21.9 Å². The number of nitrogens with zero attached hydrogens (tertiary/aromatic N) is 1. The molecule has 2 heterocycles. The molecule has 92 valence electrons. The second kappa shape index (κ2) is 5.19. The number of thiophene rings is 1. The molecule has 1 atom stereocenters. The van der Waals surface area contributed by atoms with Gasteiger partial charge in [0.25, 0.3) is 0 Å². The van der Waals surface area contributed by atoms with Crippen molar-refractivity contribution in [2.75, 3.05) is 19.6 Å². The fourth-order valence-corrected chi connectivity index (χ4v) is 2.97. The van der Waals surface area contributed by atoms with Crippen LogP contribution in [0.4, 0.5) is 0 Å². The zero-order chi connectivity index (χ0) is 12.3. The maximum atomic E-state index is 9.92. The van der Waals surface area contributed by atoms with E-state index in [0.29, 0.717) is 6.54 Å². The van der Waals surface area contributed by atoms with Crippen LogP contribution in [0.1, 0.15) is 23.8 Å². The Balaban J connectivity index is 2.02. The maximum Gasteiger partial charge on any atom is 0.0758 e. The number of β-amino-alcohol motifs (C(OH)–C–C–N with tert-alkyl or cyclic N) is 1. The van der Waals surface area contributed by atoms with Crippen LogP contribution in [-0.2, 0) is 6.54 Å². The molecule has 1 aliphatic heterocycles. The van der Waals surface area contributed by atoms with Crippen molar-refractivity contribution in [2.45, 2.75) is 25.5 Å². The van der Waals surface area contributed by atoms with Crippen LogP contribution in [0, 0.1) is 11.8 Å². The van der Waals surface area contributed by atoms with Gasteiger partial charge in [0, 0.05) is 30.1 Å². The van der Waals surface area contributed by atoms with Crippen molar-refractivity contribution in [2.24, 2.45) is 5.73 Å². The summed E-state index contributed by atoms with van der Waals surface area (Å²) in [5.41, 5.74) is 5.93. The standard InChI is InChI=1S/C13H18N2OS/c1-13(16)5-7-15(10-13)9-12-11(3-2-6-14)4-8-17-12/h4,8,16H,5-7,9-10,14H2,1H3. The predicted octanol–water partition coefficient (Wildman–Crippen LogP) is 1.02. The van der Waals surface area contributed by atoms with Gasteiger partial charge < -0.3 is 10.8 Å². The largest absolute Gasteiger partial charge is 0.389 e. The summed E-state index contributed by atoms with van der Waals surface area (Å²) in [6.45, 7) is 4.87. The molecule has 0 bridgehead atoms. The van der Waals surface area contributed by atoms with Crippen LogP contribution in [0.2, 0.25) is 0 Å². The molecule has 2 rings (SSSR count). The zero-order valence-corrected chi connectivity index (χ0v) is 10.9. The molecule has 1 aliphatic rings. The number of hydrogen-bond acceptors (Lipinski definition) is 4. The quantitative estimate of drug-likeness (QED) is 0.770. The van der Waals surface area contributed by atoms with E-state index in [1.807, 2.05) is 13.0 Å². The molecule has 0 radical (unpaired) electrons. The summed E-state index contributed by atoms with van der Waals surface area (Å²) in [6, 6.07) is 2.04. The van der Waals surface area contributed by atoms with Gasteiger partial charge in [0.15, 0.2) is 0 Å². The molecule has 1 unspecified atom stereocenters. The summed E-state index contributed by atoms with van der Waals surface area (Å²) in [5.74, 6) is 5.98. The summed E-state index contributed by atoms with van der Waals surface area (Å²) in [6.07, 6.45) is 0.849. The molecule has 1 aromatic heterocycles. The number of likely N-dealkylation sites (tertiary alicyclic amines) is 1. The van der Waals surface area contributed by atoms with Crippen molar-refractivity contribution >= 4 is 11.3 Å². The van der Waals surface area contributed by atoms with Crippen LogP contribution in [-0.4, -0.2) is 35.2 Å². The Morgan fingerprint density at radius 1 is 1.65 bits per heavy atom. The van der Waals surface area contributed by atoms with Gasteiger partial charge in [-0.1, -0.05) is 11.8 Å². The molecule has 0 amide bonds. The van der Waals surface area contributed by atoms with Gasteiger partial charge in [0.05, 0.1) is 12.1 Å². The third-order valence-corrected chi connectivity index (χ3v) is 3.87. The lowest BCUT2D eigenvalue weighted by molar-refractivity contribution is 0.0680. The molecule has 17 heavy (non-hydrogen) atoms. The van der Waals surface area contributed by atoms with Gasteiger partial charge >= 0.3 is 0 Å². The Hall–Kier alpha value is -0.860. The fourth-order valence-electron chi connectivity index (χ4n) is 2.10. The highest BCUT2D eigenvalue weighted by Gasteiger charge is 2.31. The van der Waals surface area contributed by atoms with E-state index in [0.717, 1.165) is 31.6 Å². The fraction of sp³-hybridized carbons (Fsp3) is 0.538. The van der Waals surface area contributed by atoms with Gasteiger partial charge in [0.1, 0.15) is 0 Å². The number of nitrogens with two attached hydrogens (primary N) is 1. The van der Waals surface area contributed by atoms with Gasteiger partial charge in [0.2, 0.25) is 0 Å². The van der Waals surface area contributed by atoms with Gasteiger partial charge in [-0.05, 0) is 24.8 Å². The number of hydrogen-bond donors (Lipinski definition) is 2. The Morgan fingerprint density at radius 2 is 2.47 bits per heavy atom. The molecule has 0 saturated carbocycles. The molecular weight excluding hydrogens is 232 g/mol. The van der Waals surface area contributed by atoms with Crippen molar-refractivity contribution in [1.82, 2.24) is 4.90 Å². The number of aliphatic hydroxyl groups is 1. The van der Waals surface area contributed by atoms with Gasteiger partial charge in [-0.15, -0.1) is 11.3 Å². The minimum Gasteiger partial charge on any atom is -0.389 e. The Morgan fingerprint density at radius 3 is 3.12 bits per heavy atom. The average Bonchev–Trinajstić information content (AvgIpc) is 2.83. The van der Waals surface area contributed by atoms with E-state index < -0.39 is 5.60 Å². The summed E-state index contributed by atoms with van der Waals surface area (Å²) >= 11 is 1.72. The average molecular weight is 250 g/mol. The van der Waals surface area contributed by atoms with Crippen LogP contribution in [0.15, 0.2) is 11.4 Å². The first kappa shape index (κ1) is 12.6. The third-order valence-electron chi connectivity index (χ3n) is 2.97. The normalized spacial score (nSPS) is 24.6. The molecular formula is C13H18N2OS. The van der Waals surface area contributed by atoms with Crippen LogP contribution in [0.25, 0.3) is 0 Å². The summed E-state index contributed by atoms with van der Waals surface area (Å²) in [4.78, 5) is 3.54. The lowest BCUT2D eigenvalue weighted by Gasteiger charge is -2.18. The Labute approximate surface area is 106 Å². The Bertz CT molecular complexity index is 442. The summed E-state index contributed by atoms with van der Waals surface area (Å²) in [5, 5.41) is 12.0. The van der Waals surface area contributed by atoms with E-state index in [1.54, 1.807) is 11.3 Å². The second-order valence-electron chi connectivity index (χ2n) is 4.72. The molecule has 0 aliphatic carbocycles. The lowest BCUT2D eigenvalue weighted by Crippen LogP contribution is -2.29. The van der Waals surface area contributed by atoms with Crippen LogP contribution in [0.5, 0.6) is 0 Å². The van der Waals surface area contributed by atoms with Gasteiger partial charge in [-0.2, -0.15) is 0 Å². The van der Waals surface area contributed by atoms with Crippen LogP contribution >= 0.6 is 11.3 Å². The van der Waals surface area contributed by atoms with Gasteiger partial charge in [-0.25, -0.2) is 0 Å². The molecule has 3 nitrogen and oxygen atoms in total. The number of rotatable bonds is 2. The van der Waals surface area contributed by atoms with Crippen molar-refractivity contribution in [3.8, 4) is 11.8 Å². The first-order valence-corrected chi connectivity index (χ1v) is 6.69. The first-order valence-electron chi connectivity index (χ1n) is 5.81. The van der Waals surface area contributed by atoms with E-state index in [2.05, 4.69) is 22.1 Å². The molecule has 0 aromatic carbocycles. The SMILES string of the molecule is CC1(O)CCN(Cc2sccc2C#CCN)C1. The summed E-state index contributed by atoms with van der Waals surface area (Å²) in [7, 11) is 0. The van der Waals surface area contributed by atoms with Crippen LogP contribution in [0.3, 0.4) is 0 Å². The predicted molar refractivity (Wildman–Crippen MR) is 70.8 cm³/mol. The molecule has 1 aromatic rings. The minimum absolute atomic E-state index is 0.397. The summed E-state index contributed by atoms with van der Waals surface area (Å²) < 4.78 is 0. The van der Waals surface area contributed by atoms with Crippen molar-refractivity contribution in [3.63, 3.8) is 0 Å². The highest BCUT2D eigenvalue weighted by Crippen LogP contribution is 2.25.